The molecule has 0 spiro atoms. The molecule has 0 aliphatic heterocycles. The van der Waals surface area contributed by atoms with Gasteiger partial charge in [0.25, 0.3) is 0 Å². The van der Waals surface area contributed by atoms with Crippen molar-refractivity contribution in [3.8, 4) is 0 Å². The molecule has 0 aromatic heterocycles. The van der Waals surface area contributed by atoms with Gasteiger partial charge in [-0.15, -0.1) is 0 Å². The molecule has 1 aromatic rings. The van der Waals surface area contributed by atoms with Crippen molar-refractivity contribution in [3.05, 3.63) is 35.9 Å². The Balaban J connectivity index is 2.30. The molecule has 1 aromatic carbocycles. The standard InChI is InChI=1S/C15H18O6/c1-12(16)19-9-5-8-14(17)21-11-15(18)20-10-13-6-3-2-4-7-13/h2-4,6-7H,5,8-11H2,1H3/i8D2. The first kappa shape index (κ1) is 13.6. The highest BCUT2D eigenvalue weighted by Gasteiger charge is 2.09. The van der Waals surface area contributed by atoms with E-state index in [9.17, 15) is 14.4 Å². The first-order valence-corrected chi connectivity index (χ1v) is 6.31. The highest BCUT2D eigenvalue weighted by Crippen LogP contribution is 2.01. The van der Waals surface area contributed by atoms with E-state index in [0.717, 1.165) is 5.56 Å². The molecule has 0 saturated carbocycles. The minimum atomic E-state index is -2.35. The van der Waals surface area contributed by atoms with Crippen LogP contribution >= 0.6 is 0 Å². The van der Waals surface area contributed by atoms with Gasteiger partial charge >= 0.3 is 17.9 Å². The van der Waals surface area contributed by atoms with Crippen molar-refractivity contribution in [1.82, 2.24) is 0 Å². The number of carbonyl (C=O) groups is 3. The van der Waals surface area contributed by atoms with Crippen molar-refractivity contribution in [2.75, 3.05) is 13.2 Å². The third-order valence-corrected chi connectivity index (χ3v) is 2.24. The van der Waals surface area contributed by atoms with E-state index in [1.54, 1.807) is 24.3 Å². The summed E-state index contributed by atoms with van der Waals surface area (Å²) in [6.07, 6.45) is -2.71. The molecular formula is C15H18O6. The van der Waals surface area contributed by atoms with Crippen molar-refractivity contribution in [2.24, 2.45) is 0 Å². The zero-order valence-corrected chi connectivity index (χ0v) is 11.7. The maximum Gasteiger partial charge on any atom is 0.344 e. The second-order valence-electron chi connectivity index (χ2n) is 3.99. The largest absolute Gasteiger partial charge is 0.466 e. The van der Waals surface area contributed by atoms with E-state index in [-0.39, 0.29) is 19.6 Å². The zero-order valence-electron chi connectivity index (χ0n) is 13.7. The van der Waals surface area contributed by atoms with Gasteiger partial charge in [0.2, 0.25) is 0 Å². The topological polar surface area (TPSA) is 78.9 Å². The first-order valence-electron chi connectivity index (χ1n) is 7.31. The second kappa shape index (κ2) is 9.52. The highest BCUT2D eigenvalue weighted by molar-refractivity contribution is 5.76. The Morgan fingerprint density at radius 1 is 1.05 bits per heavy atom. The summed E-state index contributed by atoms with van der Waals surface area (Å²) in [6, 6.07) is 8.95. The molecule has 0 unspecified atom stereocenters. The third-order valence-electron chi connectivity index (χ3n) is 2.24. The van der Waals surface area contributed by atoms with Gasteiger partial charge < -0.3 is 14.2 Å². The molecule has 0 radical (unpaired) electrons. The molecule has 0 aliphatic carbocycles. The molecule has 6 nitrogen and oxygen atoms in total. The Bertz CT molecular complexity index is 544. The number of ether oxygens (including phenoxy) is 3. The quantitative estimate of drug-likeness (QED) is 0.536. The van der Waals surface area contributed by atoms with E-state index in [1.807, 2.05) is 6.07 Å². The van der Waals surface area contributed by atoms with Crippen molar-refractivity contribution in [3.63, 3.8) is 0 Å². The lowest BCUT2D eigenvalue weighted by Gasteiger charge is -2.06. The molecule has 0 aliphatic rings. The number of rotatable bonds is 8. The van der Waals surface area contributed by atoms with E-state index < -0.39 is 30.9 Å². The van der Waals surface area contributed by atoms with Crippen LogP contribution in [0.1, 0.15) is 28.0 Å². The molecule has 1 rings (SSSR count). The number of hydrogen-bond donors (Lipinski definition) is 0. The fraction of sp³-hybridized carbons (Fsp3) is 0.400. The molecular weight excluding hydrogens is 276 g/mol. The molecule has 0 heterocycles. The Morgan fingerprint density at radius 3 is 2.43 bits per heavy atom. The van der Waals surface area contributed by atoms with Crippen LogP contribution in [0.15, 0.2) is 30.3 Å². The van der Waals surface area contributed by atoms with Gasteiger partial charge in [-0.3, -0.25) is 9.59 Å². The monoisotopic (exact) mass is 296 g/mol. The van der Waals surface area contributed by atoms with Crippen molar-refractivity contribution < 1.29 is 31.3 Å². The number of benzene rings is 1. The van der Waals surface area contributed by atoms with Crippen LogP contribution in [-0.2, 0) is 35.2 Å². The Kier molecular flexibility index (Phi) is 6.17. The average Bonchev–Trinajstić information content (AvgIpc) is 2.51. The fourth-order valence-corrected chi connectivity index (χ4v) is 1.30. The van der Waals surface area contributed by atoms with Gasteiger partial charge in [0.15, 0.2) is 6.61 Å². The van der Waals surface area contributed by atoms with E-state index in [1.165, 1.54) is 6.92 Å². The maximum atomic E-state index is 11.6. The lowest BCUT2D eigenvalue weighted by Crippen LogP contribution is -2.16. The molecule has 0 bridgehead atoms. The molecule has 21 heavy (non-hydrogen) atoms. The number of hydrogen-bond acceptors (Lipinski definition) is 6. The highest BCUT2D eigenvalue weighted by atomic mass is 16.6. The van der Waals surface area contributed by atoms with Crippen LogP contribution in [0.5, 0.6) is 0 Å². The predicted molar refractivity (Wildman–Crippen MR) is 73.1 cm³/mol. The van der Waals surface area contributed by atoms with Gasteiger partial charge in [-0.1, -0.05) is 30.3 Å². The predicted octanol–water partition coefficient (Wildman–Crippen LogP) is 1.62. The third kappa shape index (κ3) is 8.41. The summed E-state index contributed by atoms with van der Waals surface area (Å²) in [7, 11) is 0. The summed E-state index contributed by atoms with van der Waals surface area (Å²) < 4.78 is 29.1. The van der Waals surface area contributed by atoms with E-state index >= 15 is 0 Å². The molecule has 0 N–H and O–H groups in total. The molecule has 0 atom stereocenters. The van der Waals surface area contributed by atoms with E-state index in [0.29, 0.717) is 0 Å². The van der Waals surface area contributed by atoms with Gasteiger partial charge in [-0.05, 0) is 12.0 Å². The van der Waals surface area contributed by atoms with E-state index in [2.05, 4.69) is 9.47 Å². The summed E-state index contributed by atoms with van der Waals surface area (Å²) >= 11 is 0. The SMILES string of the molecule is [2H]C([2H])(CCOC(C)=O)C(=O)OCC(=O)OCc1ccccc1. The van der Waals surface area contributed by atoms with Gasteiger partial charge in [0.1, 0.15) is 6.61 Å². The number of carbonyl (C=O) groups excluding carboxylic acids is 3. The van der Waals surface area contributed by atoms with Crippen molar-refractivity contribution >= 4 is 17.9 Å². The van der Waals surface area contributed by atoms with Crippen LogP contribution in [0.2, 0.25) is 0 Å². The maximum absolute atomic E-state index is 11.6. The van der Waals surface area contributed by atoms with Gasteiger partial charge in [-0.2, -0.15) is 0 Å². The number of esters is 3. The smallest absolute Gasteiger partial charge is 0.344 e. The summed E-state index contributed by atoms with van der Waals surface area (Å²) in [6.45, 7) is 0.280. The van der Waals surface area contributed by atoms with Crippen LogP contribution in [0.25, 0.3) is 0 Å². The lowest BCUT2D eigenvalue weighted by atomic mass is 10.2. The van der Waals surface area contributed by atoms with Gasteiger partial charge in [-0.25, -0.2) is 4.79 Å². The molecule has 0 amide bonds. The molecule has 114 valence electrons. The van der Waals surface area contributed by atoms with Crippen LogP contribution in [0.4, 0.5) is 0 Å². The summed E-state index contributed by atoms with van der Waals surface area (Å²) in [5.41, 5.74) is 0.781. The molecule has 0 fully saturated rings. The van der Waals surface area contributed by atoms with Gasteiger partial charge in [0.05, 0.1) is 6.61 Å². The Hall–Kier alpha value is -2.37. The van der Waals surface area contributed by atoms with Crippen LogP contribution in [0.3, 0.4) is 0 Å². The fourth-order valence-electron chi connectivity index (χ4n) is 1.30. The Morgan fingerprint density at radius 2 is 1.76 bits per heavy atom. The molecule has 6 heteroatoms. The minimum Gasteiger partial charge on any atom is -0.466 e. The average molecular weight is 296 g/mol. The van der Waals surface area contributed by atoms with Crippen LogP contribution in [0, 0.1) is 0 Å². The molecule has 0 saturated heterocycles. The summed E-state index contributed by atoms with van der Waals surface area (Å²) in [4.78, 5) is 33.6. The van der Waals surface area contributed by atoms with Crippen molar-refractivity contribution in [1.29, 1.82) is 0 Å². The summed E-state index contributed by atoms with van der Waals surface area (Å²) in [5.74, 6) is -2.56. The second-order valence-corrected chi connectivity index (χ2v) is 3.99. The van der Waals surface area contributed by atoms with Crippen LogP contribution in [-0.4, -0.2) is 31.1 Å². The normalized spacial score (nSPS) is 11.9. The van der Waals surface area contributed by atoms with Gasteiger partial charge in [0, 0.05) is 16.0 Å². The lowest BCUT2D eigenvalue weighted by molar-refractivity contribution is -0.159. The first-order chi connectivity index (χ1) is 10.8. The van der Waals surface area contributed by atoms with E-state index in [4.69, 9.17) is 7.48 Å². The Labute approximate surface area is 125 Å². The van der Waals surface area contributed by atoms with Crippen LogP contribution < -0.4 is 0 Å². The minimum absolute atomic E-state index is 0.0383. The van der Waals surface area contributed by atoms with Crippen molar-refractivity contribution in [2.45, 2.75) is 26.3 Å². The summed E-state index contributed by atoms with van der Waals surface area (Å²) in [5, 5.41) is 0. The zero-order chi connectivity index (χ0) is 17.3.